The minimum Gasteiger partial charge on any atom is -0.353 e. The molecule has 0 saturated carbocycles. The van der Waals surface area contributed by atoms with Gasteiger partial charge in [0.25, 0.3) is 0 Å². The van der Waals surface area contributed by atoms with Crippen LogP contribution in [0.1, 0.15) is 12.5 Å². The Morgan fingerprint density at radius 3 is 2.43 bits per heavy atom. The molecular formula is C17H15BrF2N2O. The van der Waals surface area contributed by atoms with Crippen molar-refractivity contribution in [2.75, 3.05) is 16.8 Å². The zero-order chi connectivity index (χ0) is 16.7. The fourth-order valence-corrected chi connectivity index (χ4v) is 3.18. The average molecular weight is 381 g/mol. The minimum atomic E-state index is -0.611. The summed E-state index contributed by atoms with van der Waals surface area (Å²) >= 11 is 3.41. The van der Waals surface area contributed by atoms with Crippen molar-refractivity contribution in [2.24, 2.45) is 0 Å². The summed E-state index contributed by atoms with van der Waals surface area (Å²) in [6.07, 6.45) is 0. The van der Waals surface area contributed by atoms with E-state index in [2.05, 4.69) is 15.9 Å². The van der Waals surface area contributed by atoms with Crippen molar-refractivity contribution in [2.45, 2.75) is 19.5 Å². The molecular weight excluding hydrogens is 366 g/mol. The number of amides is 1. The monoisotopic (exact) mass is 380 g/mol. The Hall–Kier alpha value is -1.95. The van der Waals surface area contributed by atoms with Gasteiger partial charge in [0.2, 0.25) is 5.91 Å². The second-order valence-electron chi connectivity index (χ2n) is 5.53. The van der Waals surface area contributed by atoms with E-state index < -0.39 is 17.7 Å². The minimum absolute atomic E-state index is 0.0112. The first-order valence-corrected chi connectivity index (χ1v) is 7.96. The zero-order valence-electron chi connectivity index (χ0n) is 12.7. The molecule has 0 spiro atoms. The summed E-state index contributed by atoms with van der Waals surface area (Å²) < 4.78 is 28.8. The molecule has 0 fully saturated rings. The van der Waals surface area contributed by atoms with Crippen molar-refractivity contribution in [1.82, 2.24) is 0 Å². The van der Waals surface area contributed by atoms with Crippen LogP contribution in [0, 0.1) is 11.6 Å². The standard InChI is InChI=1S/C17H15BrF2N2O/c1-10-17(23)21(2)15-7-6-11(18)8-16(15)22(10)9-12-13(19)4-3-5-14(12)20/h3-8,10H,9H2,1-2H3. The summed E-state index contributed by atoms with van der Waals surface area (Å²) in [4.78, 5) is 15.7. The van der Waals surface area contributed by atoms with E-state index in [9.17, 15) is 13.6 Å². The summed E-state index contributed by atoms with van der Waals surface area (Å²) in [6, 6.07) is 8.77. The second-order valence-corrected chi connectivity index (χ2v) is 6.45. The van der Waals surface area contributed by atoms with Gasteiger partial charge in [0, 0.05) is 23.6 Å². The molecule has 1 aliphatic rings. The fraction of sp³-hybridized carbons (Fsp3) is 0.235. The van der Waals surface area contributed by atoms with E-state index >= 15 is 0 Å². The van der Waals surface area contributed by atoms with Crippen molar-refractivity contribution in [3.63, 3.8) is 0 Å². The fourth-order valence-electron chi connectivity index (χ4n) is 2.83. The topological polar surface area (TPSA) is 23.6 Å². The van der Waals surface area contributed by atoms with Gasteiger partial charge in [-0.3, -0.25) is 4.79 Å². The van der Waals surface area contributed by atoms with Crippen LogP contribution in [0.2, 0.25) is 0 Å². The van der Waals surface area contributed by atoms with Crippen molar-refractivity contribution in [1.29, 1.82) is 0 Å². The van der Waals surface area contributed by atoms with E-state index in [0.29, 0.717) is 5.69 Å². The molecule has 2 aromatic rings. The largest absolute Gasteiger partial charge is 0.353 e. The number of hydrogen-bond acceptors (Lipinski definition) is 2. The Morgan fingerprint density at radius 1 is 1.13 bits per heavy atom. The molecule has 0 aliphatic carbocycles. The molecule has 1 aliphatic heterocycles. The summed E-state index contributed by atoms with van der Waals surface area (Å²) in [6.45, 7) is 1.73. The molecule has 0 saturated heterocycles. The highest BCUT2D eigenvalue weighted by molar-refractivity contribution is 9.10. The van der Waals surface area contributed by atoms with Gasteiger partial charge >= 0.3 is 0 Å². The van der Waals surface area contributed by atoms with Gasteiger partial charge in [0.1, 0.15) is 17.7 Å². The van der Waals surface area contributed by atoms with Gasteiger partial charge in [-0.2, -0.15) is 0 Å². The quantitative estimate of drug-likeness (QED) is 0.782. The number of rotatable bonds is 2. The lowest BCUT2D eigenvalue weighted by atomic mass is 10.1. The lowest BCUT2D eigenvalue weighted by Gasteiger charge is -2.40. The number of fused-ring (bicyclic) bond motifs is 1. The van der Waals surface area contributed by atoms with E-state index in [1.165, 1.54) is 18.2 Å². The van der Waals surface area contributed by atoms with Crippen molar-refractivity contribution < 1.29 is 13.6 Å². The van der Waals surface area contributed by atoms with Crippen LogP contribution >= 0.6 is 15.9 Å². The van der Waals surface area contributed by atoms with Crippen molar-refractivity contribution >= 4 is 33.2 Å². The molecule has 0 aromatic heterocycles. The normalized spacial score (nSPS) is 17.4. The first-order chi connectivity index (χ1) is 10.9. The molecule has 3 rings (SSSR count). The zero-order valence-corrected chi connectivity index (χ0v) is 14.3. The Bertz CT molecular complexity index is 761. The van der Waals surface area contributed by atoms with Gasteiger partial charge in [-0.25, -0.2) is 8.78 Å². The van der Waals surface area contributed by atoms with E-state index in [-0.39, 0.29) is 18.0 Å². The van der Waals surface area contributed by atoms with Crippen LogP contribution in [0.3, 0.4) is 0 Å². The van der Waals surface area contributed by atoms with Gasteiger partial charge in [-0.15, -0.1) is 0 Å². The van der Waals surface area contributed by atoms with Gasteiger partial charge in [0.15, 0.2) is 0 Å². The number of nitrogens with zero attached hydrogens (tertiary/aromatic N) is 2. The molecule has 1 amide bonds. The number of hydrogen-bond donors (Lipinski definition) is 0. The van der Waals surface area contributed by atoms with Crippen LogP contribution in [-0.4, -0.2) is 19.0 Å². The molecule has 2 aromatic carbocycles. The van der Waals surface area contributed by atoms with Crippen LogP contribution in [0.15, 0.2) is 40.9 Å². The van der Waals surface area contributed by atoms with Gasteiger partial charge in [-0.05, 0) is 37.3 Å². The van der Waals surface area contributed by atoms with E-state index in [4.69, 9.17) is 0 Å². The maximum Gasteiger partial charge on any atom is 0.249 e. The van der Waals surface area contributed by atoms with Crippen LogP contribution in [-0.2, 0) is 11.3 Å². The number of benzene rings is 2. The highest BCUT2D eigenvalue weighted by Gasteiger charge is 2.34. The molecule has 1 atom stereocenters. The maximum absolute atomic E-state index is 14.0. The predicted octanol–water partition coefficient (Wildman–Crippen LogP) is 4.10. The van der Waals surface area contributed by atoms with E-state index in [1.807, 2.05) is 18.2 Å². The molecule has 1 unspecified atom stereocenters. The van der Waals surface area contributed by atoms with E-state index in [0.717, 1.165) is 10.2 Å². The summed E-state index contributed by atoms with van der Waals surface area (Å²) in [5, 5.41) is 0. The Kier molecular flexibility index (Phi) is 4.10. The number of carbonyl (C=O) groups excluding carboxylic acids is 1. The summed E-state index contributed by atoms with van der Waals surface area (Å²) in [7, 11) is 1.70. The van der Waals surface area contributed by atoms with E-state index in [1.54, 1.807) is 23.8 Å². The predicted molar refractivity (Wildman–Crippen MR) is 89.6 cm³/mol. The summed E-state index contributed by atoms with van der Waals surface area (Å²) in [5.74, 6) is -1.34. The van der Waals surface area contributed by atoms with Crippen LogP contribution < -0.4 is 9.80 Å². The third-order valence-electron chi connectivity index (χ3n) is 4.15. The third kappa shape index (κ3) is 2.72. The van der Waals surface area contributed by atoms with Gasteiger partial charge in [-0.1, -0.05) is 22.0 Å². The van der Waals surface area contributed by atoms with Gasteiger partial charge < -0.3 is 9.80 Å². The number of carbonyl (C=O) groups is 1. The van der Waals surface area contributed by atoms with Crippen LogP contribution in [0.4, 0.5) is 20.2 Å². The molecule has 0 bridgehead atoms. The first-order valence-electron chi connectivity index (χ1n) is 7.17. The van der Waals surface area contributed by atoms with Gasteiger partial charge in [0.05, 0.1) is 11.4 Å². The Balaban J connectivity index is 2.09. The van der Waals surface area contributed by atoms with Crippen molar-refractivity contribution in [3.05, 3.63) is 58.1 Å². The molecule has 120 valence electrons. The van der Waals surface area contributed by atoms with Crippen LogP contribution in [0.5, 0.6) is 0 Å². The number of halogens is 3. The molecule has 0 N–H and O–H groups in total. The summed E-state index contributed by atoms with van der Waals surface area (Å²) in [5.41, 5.74) is 1.44. The SMILES string of the molecule is CC1C(=O)N(C)c2ccc(Br)cc2N1Cc1c(F)cccc1F. The van der Waals surface area contributed by atoms with Crippen LogP contribution in [0.25, 0.3) is 0 Å². The first kappa shape index (κ1) is 15.9. The molecule has 1 heterocycles. The molecule has 23 heavy (non-hydrogen) atoms. The molecule has 3 nitrogen and oxygen atoms in total. The highest BCUT2D eigenvalue weighted by Crippen LogP contribution is 2.38. The molecule has 6 heteroatoms. The number of anilines is 2. The molecule has 0 radical (unpaired) electrons. The Labute approximate surface area is 141 Å². The van der Waals surface area contributed by atoms with Crippen molar-refractivity contribution in [3.8, 4) is 0 Å². The lowest BCUT2D eigenvalue weighted by molar-refractivity contribution is -0.119. The second kappa shape index (κ2) is 5.92. The number of likely N-dealkylation sites (N-methyl/N-ethyl adjacent to an activating group) is 1. The highest BCUT2D eigenvalue weighted by atomic mass is 79.9. The smallest absolute Gasteiger partial charge is 0.249 e. The lowest BCUT2D eigenvalue weighted by Crippen LogP contribution is -2.50. The maximum atomic E-state index is 14.0. The Morgan fingerprint density at radius 2 is 1.78 bits per heavy atom. The average Bonchev–Trinajstić information content (AvgIpc) is 2.51. The third-order valence-corrected chi connectivity index (χ3v) is 4.65.